The zero-order valence-corrected chi connectivity index (χ0v) is 12.8. The summed E-state index contributed by atoms with van der Waals surface area (Å²) in [6.07, 6.45) is 3.37. The molecule has 0 radical (unpaired) electrons. The molecule has 1 aliphatic carbocycles. The van der Waals surface area contributed by atoms with Crippen LogP contribution in [0.1, 0.15) is 32.0 Å². The summed E-state index contributed by atoms with van der Waals surface area (Å²) in [5.41, 5.74) is 2.22. The highest BCUT2D eigenvalue weighted by Crippen LogP contribution is 2.36. The van der Waals surface area contributed by atoms with Gasteiger partial charge in [-0.15, -0.1) is 0 Å². The molecule has 1 aliphatic rings. The maximum absolute atomic E-state index is 11.9. The van der Waals surface area contributed by atoms with E-state index in [2.05, 4.69) is 20.9 Å². The van der Waals surface area contributed by atoms with Crippen LogP contribution in [0.15, 0.2) is 24.3 Å². The molecular weight excluding hydrogens is 262 g/mol. The van der Waals surface area contributed by atoms with Crippen LogP contribution in [0.5, 0.6) is 0 Å². The molecule has 1 N–H and O–H groups in total. The van der Waals surface area contributed by atoms with Gasteiger partial charge in [0, 0.05) is 19.0 Å². The Kier molecular flexibility index (Phi) is 3.95. The Hall–Kier alpha value is -1.84. The van der Waals surface area contributed by atoms with E-state index in [1.807, 2.05) is 32.0 Å². The molecule has 1 unspecified atom stereocenters. The molecule has 0 bridgehead atoms. The van der Waals surface area contributed by atoms with Gasteiger partial charge in [0.25, 0.3) is 0 Å². The topological polar surface area (TPSA) is 46.9 Å². The van der Waals surface area contributed by atoms with E-state index in [0.29, 0.717) is 5.92 Å². The second kappa shape index (κ2) is 5.88. The number of carbonyl (C=O) groups is 1. The van der Waals surface area contributed by atoms with E-state index in [1.165, 1.54) is 18.4 Å². The van der Waals surface area contributed by atoms with Gasteiger partial charge in [-0.1, -0.05) is 19.1 Å². The molecule has 0 spiro atoms. The molecule has 112 valence electrons. The van der Waals surface area contributed by atoms with Gasteiger partial charge < -0.3 is 9.88 Å². The molecule has 1 saturated carbocycles. The van der Waals surface area contributed by atoms with E-state index in [9.17, 15) is 4.79 Å². The maximum atomic E-state index is 11.9. The first kappa shape index (κ1) is 14.1. The number of rotatable bonds is 6. The predicted octanol–water partition coefficient (Wildman–Crippen LogP) is 2.90. The van der Waals surface area contributed by atoms with Crippen LogP contribution >= 0.6 is 0 Å². The third kappa shape index (κ3) is 3.09. The molecule has 0 saturated heterocycles. The first-order valence-electron chi connectivity index (χ1n) is 7.86. The second-order valence-corrected chi connectivity index (χ2v) is 6.07. The number of amides is 1. The lowest BCUT2D eigenvalue weighted by molar-refractivity contribution is -0.125. The van der Waals surface area contributed by atoms with Crippen molar-refractivity contribution >= 4 is 16.9 Å². The van der Waals surface area contributed by atoms with Crippen molar-refractivity contribution in [1.82, 2.24) is 14.9 Å². The van der Waals surface area contributed by atoms with Crippen LogP contribution in [0.4, 0.5) is 0 Å². The fraction of sp³-hybridized carbons (Fsp3) is 0.529. The van der Waals surface area contributed by atoms with Crippen LogP contribution in [-0.2, 0) is 11.3 Å². The number of fused-ring (bicyclic) bond motifs is 1. The number of nitrogens with zero attached hydrogens (tertiary/aromatic N) is 2. The first-order valence-corrected chi connectivity index (χ1v) is 7.86. The SMILES string of the molecule is Cc1nc2ccccc2n1CCCNC(=O)C(C)C1CC1. The molecule has 1 heterocycles. The number of para-hydroxylation sites is 2. The van der Waals surface area contributed by atoms with Crippen molar-refractivity contribution in [3.8, 4) is 0 Å². The lowest BCUT2D eigenvalue weighted by Gasteiger charge is -2.12. The van der Waals surface area contributed by atoms with Crippen LogP contribution in [0.2, 0.25) is 0 Å². The van der Waals surface area contributed by atoms with Crippen LogP contribution in [-0.4, -0.2) is 22.0 Å². The zero-order chi connectivity index (χ0) is 14.8. The van der Waals surface area contributed by atoms with Crippen LogP contribution in [0.25, 0.3) is 11.0 Å². The summed E-state index contributed by atoms with van der Waals surface area (Å²) >= 11 is 0. The van der Waals surface area contributed by atoms with E-state index in [0.717, 1.165) is 30.9 Å². The molecule has 0 aliphatic heterocycles. The standard InChI is InChI=1S/C17H23N3O/c1-12(14-8-9-14)17(21)18-10-5-11-20-13(2)19-15-6-3-4-7-16(15)20/h3-4,6-7,12,14H,5,8-11H2,1-2H3,(H,18,21). The van der Waals surface area contributed by atoms with Gasteiger partial charge in [0.1, 0.15) is 5.82 Å². The molecular formula is C17H23N3O. The van der Waals surface area contributed by atoms with E-state index in [1.54, 1.807) is 0 Å². The van der Waals surface area contributed by atoms with Gasteiger partial charge in [0.05, 0.1) is 11.0 Å². The summed E-state index contributed by atoms with van der Waals surface area (Å²) in [6.45, 7) is 5.71. The molecule has 1 fully saturated rings. The lowest BCUT2D eigenvalue weighted by Crippen LogP contribution is -2.31. The smallest absolute Gasteiger partial charge is 0.223 e. The Bertz CT molecular complexity index is 643. The van der Waals surface area contributed by atoms with Gasteiger partial charge in [-0.3, -0.25) is 4.79 Å². The molecule has 1 aromatic heterocycles. The normalized spacial score (nSPS) is 16.1. The minimum atomic E-state index is 0.181. The van der Waals surface area contributed by atoms with Crippen molar-refractivity contribution in [2.24, 2.45) is 11.8 Å². The average molecular weight is 285 g/mol. The Balaban J connectivity index is 1.52. The van der Waals surface area contributed by atoms with Crippen molar-refractivity contribution in [2.45, 2.75) is 39.7 Å². The molecule has 3 rings (SSSR count). The summed E-state index contributed by atoms with van der Waals surface area (Å²) in [5.74, 6) is 2.06. The second-order valence-electron chi connectivity index (χ2n) is 6.07. The van der Waals surface area contributed by atoms with Crippen LogP contribution in [0.3, 0.4) is 0 Å². The van der Waals surface area contributed by atoms with E-state index in [-0.39, 0.29) is 11.8 Å². The Morgan fingerprint density at radius 1 is 1.43 bits per heavy atom. The number of hydrogen-bond acceptors (Lipinski definition) is 2. The van der Waals surface area contributed by atoms with Gasteiger partial charge in [0.15, 0.2) is 0 Å². The highest BCUT2D eigenvalue weighted by Gasteiger charge is 2.32. The summed E-state index contributed by atoms with van der Waals surface area (Å²) in [5, 5.41) is 3.06. The fourth-order valence-electron chi connectivity index (χ4n) is 2.90. The van der Waals surface area contributed by atoms with Crippen molar-refractivity contribution in [1.29, 1.82) is 0 Å². The van der Waals surface area contributed by atoms with Crippen molar-refractivity contribution < 1.29 is 4.79 Å². The van der Waals surface area contributed by atoms with E-state index < -0.39 is 0 Å². The quantitative estimate of drug-likeness (QED) is 0.830. The van der Waals surface area contributed by atoms with Gasteiger partial charge >= 0.3 is 0 Å². The largest absolute Gasteiger partial charge is 0.356 e. The summed E-state index contributed by atoms with van der Waals surface area (Å²) in [6, 6.07) is 8.19. The lowest BCUT2D eigenvalue weighted by atomic mass is 10.1. The molecule has 1 atom stereocenters. The number of imidazole rings is 1. The minimum Gasteiger partial charge on any atom is -0.356 e. The summed E-state index contributed by atoms with van der Waals surface area (Å²) in [4.78, 5) is 16.5. The Morgan fingerprint density at radius 2 is 2.19 bits per heavy atom. The van der Waals surface area contributed by atoms with Gasteiger partial charge in [-0.25, -0.2) is 4.98 Å². The molecule has 4 heteroatoms. The fourth-order valence-corrected chi connectivity index (χ4v) is 2.90. The maximum Gasteiger partial charge on any atom is 0.223 e. The zero-order valence-electron chi connectivity index (χ0n) is 12.8. The van der Waals surface area contributed by atoms with Crippen molar-refractivity contribution in [3.63, 3.8) is 0 Å². The number of carbonyl (C=O) groups excluding carboxylic acids is 1. The van der Waals surface area contributed by atoms with Gasteiger partial charge in [0.2, 0.25) is 5.91 Å². The molecule has 4 nitrogen and oxygen atoms in total. The monoisotopic (exact) mass is 285 g/mol. The third-order valence-corrected chi connectivity index (χ3v) is 4.45. The molecule has 1 amide bonds. The Morgan fingerprint density at radius 3 is 2.95 bits per heavy atom. The summed E-state index contributed by atoms with van der Waals surface area (Å²) < 4.78 is 2.23. The number of nitrogens with one attached hydrogen (secondary N) is 1. The summed E-state index contributed by atoms with van der Waals surface area (Å²) in [7, 11) is 0. The Labute approximate surface area is 125 Å². The number of benzene rings is 1. The van der Waals surface area contributed by atoms with Crippen LogP contribution in [0, 0.1) is 18.8 Å². The third-order valence-electron chi connectivity index (χ3n) is 4.45. The minimum absolute atomic E-state index is 0.181. The van der Waals surface area contributed by atoms with Gasteiger partial charge in [-0.2, -0.15) is 0 Å². The van der Waals surface area contributed by atoms with E-state index in [4.69, 9.17) is 0 Å². The van der Waals surface area contributed by atoms with Crippen LogP contribution < -0.4 is 5.32 Å². The number of aromatic nitrogens is 2. The highest BCUT2D eigenvalue weighted by molar-refractivity contribution is 5.79. The molecule has 21 heavy (non-hydrogen) atoms. The van der Waals surface area contributed by atoms with Crippen molar-refractivity contribution in [3.05, 3.63) is 30.1 Å². The molecule has 1 aromatic carbocycles. The number of aryl methyl sites for hydroxylation is 2. The average Bonchev–Trinajstić information content (AvgIpc) is 3.27. The first-order chi connectivity index (χ1) is 10.2. The van der Waals surface area contributed by atoms with E-state index >= 15 is 0 Å². The van der Waals surface area contributed by atoms with Gasteiger partial charge in [-0.05, 0) is 44.2 Å². The predicted molar refractivity (Wildman–Crippen MR) is 84.0 cm³/mol. The highest BCUT2D eigenvalue weighted by atomic mass is 16.1. The van der Waals surface area contributed by atoms with Crippen molar-refractivity contribution in [2.75, 3.05) is 6.54 Å². The number of hydrogen-bond donors (Lipinski definition) is 1. The molecule has 2 aromatic rings.